The number of benzene rings is 2. The Hall–Kier alpha value is -2.36. The van der Waals surface area contributed by atoms with Crippen LogP contribution >= 0.6 is 0 Å². The second kappa shape index (κ2) is 4.88. The summed E-state index contributed by atoms with van der Waals surface area (Å²) in [4.78, 5) is 3.81. The topological polar surface area (TPSA) is 12.9 Å². The van der Waals surface area contributed by atoms with Gasteiger partial charge in [0, 0.05) is 5.39 Å². The van der Waals surface area contributed by atoms with Gasteiger partial charge in [0.05, 0.1) is 5.52 Å². The maximum atomic E-state index is 13.1. The molecule has 0 radical (unpaired) electrons. The summed E-state index contributed by atoms with van der Waals surface area (Å²) in [7, 11) is 0. The van der Waals surface area contributed by atoms with E-state index >= 15 is 0 Å². The molecule has 0 fully saturated rings. The SMILES string of the molecule is Cc1cccc2c(-c3ccccc3)cc(C(F)(F)F)nc12. The van der Waals surface area contributed by atoms with Crippen molar-refractivity contribution < 1.29 is 13.2 Å². The largest absolute Gasteiger partial charge is 0.433 e. The third-order valence-electron chi connectivity index (χ3n) is 3.42. The molecule has 0 N–H and O–H groups in total. The summed E-state index contributed by atoms with van der Waals surface area (Å²) in [5, 5.41) is 0.731. The van der Waals surface area contributed by atoms with Crippen molar-refractivity contribution in [1.29, 1.82) is 0 Å². The predicted molar refractivity (Wildman–Crippen MR) is 76.9 cm³/mol. The quantitative estimate of drug-likeness (QED) is 0.597. The average molecular weight is 287 g/mol. The first-order chi connectivity index (χ1) is 9.97. The van der Waals surface area contributed by atoms with Crippen LogP contribution < -0.4 is 0 Å². The molecule has 21 heavy (non-hydrogen) atoms. The molecule has 4 heteroatoms. The number of para-hydroxylation sites is 1. The van der Waals surface area contributed by atoms with Gasteiger partial charge in [-0.2, -0.15) is 13.2 Å². The number of halogens is 3. The maximum absolute atomic E-state index is 13.1. The summed E-state index contributed by atoms with van der Waals surface area (Å²) >= 11 is 0. The Balaban J connectivity index is 2.39. The minimum Gasteiger partial charge on any atom is -0.243 e. The Kier molecular flexibility index (Phi) is 3.16. The van der Waals surface area contributed by atoms with Crippen LogP contribution in [0, 0.1) is 6.92 Å². The molecule has 0 bridgehead atoms. The van der Waals surface area contributed by atoms with Crippen LogP contribution in [0.1, 0.15) is 11.3 Å². The maximum Gasteiger partial charge on any atom is 0.433 e. The molecule has 0 aliphatic rings. The van der Waals surface area contributed by atoms with Crippen LogP contribution in [-0.4, -0.2) is 4.98 Å². The lowest BCUT2D eigenvalue weighted by molar-refractivity contribution is -0.140. The van der Waals surface area contributed by atoms with E-state index < -0.39 is 11.9 Å². The third-order valence-corrected chi connectivity index (χ3v) is 3.42. The third kappa shape index (κ3) is 2.49. The predicted octanol–water partition coefficient (Wildman–Crippen LogP) is 5.23. The lowest BCUT2D eigenvalue weighted by atomic mass is 9.98. The molecular formula is C17H12F3N. The smallest absolute Gasteiger partial charge is 0.243 e. The molecule has 0 amide bonds. The average Bonchev–Trinajstić information content (AvgIpc) is 2.47. The molecule has 0 atom stereocenters. The summed E-state index contributed by atoms with van der Waals surface area (Å²) in [5.41, 5.74) is 1.57. The molecule has 1 heterocycles. The molecule has 2 aromatic carbocycles. The Morgan fingerprint density at radius 3 is 2.29 bits per heavy atom. The van der Waals surface area contributed by atoms with E-state index in [1.807, 2.05) is 24.3 Å². The number of hydrogen-bond donors (Lipinski definition) is 0. The fourth-order valence-electron chi connectivity index (χ4n) is 2.39. The molecule has 0 unspecified atom stereocenters. The summed E-state index contributed by atoms with van der Waals surface area (Å²) in [6, 6.07) is 15.6. The summed E-state index contributed by atoms with van der Waals surface area (Å²) in [5.74, 6) is 0. The van der Waals surface area contributed by atoms with Gasteiger partial charge in [-0.3, -0.25) is 0 Å². The van der Waals surface area contributed by atoms with Crippen molar-refractivity contribution in [2.75, 3.05) is 0 Å². The summed E-state index contributed by atoms with van der Waals surface area (Å²) < 4.78 is 39.2. The van der Waals surface area contributed by atoms with E-state index in [0.717, 1.165) is 22.6 Å². The summed E-state index contributed by atoms with van der Waals surface area (Å²) in [6.45, 7) is 1.77. The van der Waals surface area contributed by atoms with Crippen LogP contribution in [0.15, 0.2) is 54.6 Å². The van der Waals surface area contributed by atoms with Gasteiger partial charge in [-0.05, 0) is 29.7 Å². The van der Waals surface area contributed by atoms with Crippen LogP contribution in [0.25, 0.3) is 22.0 Å². The highest BCUT2D eigenvalue weighted by atomic mass is 19.4. The van der Waals surface area contributed by atoms with E-state index in [9.17, 15) is 13.2 Å². The van der Waals surface area contributed by atoms with E-state index in [2.05, 4.69) is 4.98 Å². The fraction of sp³-hybridized carbons (Fsp3) is 0.118. The van der Waals surface area contributed by atoms with Crippen molar-refractivity contribution in [3.63, 3.8) is 0 Å². The van der Waals surface area contributed by atoms with Crippen LogP contribution in [0.5, 0.6) is 0 Å². The standard InChI is InChI=1S/C17H12F3N/c1-11-6-5-9-13-14(12-7-3-2-4-8-12)10-15(17(18,19)20)21-16(11)13/h2-10H,1H3. The zero-order chi connectivity index (χ0) is 15.0. The van der Waals surface area contributed by atoms with Crippen molar-refractivity contribution >= 4 is 10.9 Å². The van der Waals surface area contributed by atoms with E-state index in [-0.39, 0.29) is 0 Å². The number of aromatic nitrogens is 1. The molecule has 0 spiro atoms. The molecule has 3 rings (SSSR count). The second-order valence-electron chi connectivity index (χ2n) is 4.89. The van der Waals surface area contributed by atoms with Crippen LogP contribution in [0.4, 0.5) is 13.2 Å². The van der Waals surface area contributed by atoms with Crippen molar-refractivity contribution in [2.24, 2.45) is 0 Å². The Morgan fingerprint density at radius 2 is 1.62 bits per heavy atom. The van der Waals surface area contributed by atoms with Crippen LogP contribution in [0.3, 0.4) is 0 Å². The fourth-order valence-corrected chi connectivity index (χ4v) is 2.39. The first kappa shape index (κ1) is 13.6. The van der Waals surface area contributed by atoms with Crippen LogP contribution in [-0.2, 0) is 6.18 Å². The van der Waals surface area contributed by atoms with E-state index in [1.165, 1.54) is 0 Å². The van der Waals surface area contributed by atoms with Gasteiger partial charge in [-0.1, -0.05) is 48.5 Å². The molecule has 0 saturated carbocycles. The number of hydrogen-bond acceptors (Lipinski definition) is 1. The monoisotopic (exact) mass is 287 g/mol. The van der Waals surface area contributed by atoms with Gasteiger partial charge in [0.15, 0.2) is 0 Å². The number of pyridine rings is 1. The first-order valence-corrected chi connectivity index (χ1v) is 6.50. The van der Waals surface area contributed by atoms with Gasteiger partial charge in [-0.15, -0.1) is 0 Å². The zero-order valence-electron chi connectivity index (χ0n) is 11.3. The number of nitrogens with zero attached hydrogens (tertiary/aromatic N) is 1. The molecule has 1 aromatic heterocycles. The number of aryl methyl sites for hydroxylation is 1. The van der Waals surface area contributed by atoms with Crippen molar-refractivity contribution in [3.8, 4) is 11.1 Å². The van der Waals surface area contributed by atoms with Gasteiger partial charge in [0.25, 0.3) is 0 Å². The second-order valence-corrected chi connectivity index (χ2v) is 4.89. The number of fused-ring (bicyclic) bond motifs is 1. The Morgan fingerprint density at radius 1 is 0.905 bits per heavy atom. The molecule has 106 valence electrons. The minimum atomic E-state index is -4.46. The number of rotatable bonds is 1. The molecular weight excluding hydrogens is 275 g/mol. The molecule has 0 saturated heterocycles. The van der Waals surface area contributed by atoms with Crippen molar-refractivity contribution in [3.05, 3.63) is 65.9 Å². The zero-order valence-corrected chi connectivity index (χ0v) is 11.3. The summed E-state index contributed by atoms with van der Waals surface area (Å²) in [6.07, 6.45) is -4.46. The molecule has 3 aromatic rings. The Labute approximate surface area is 120 Å². The highest BCUT2D eigenvalue weighted by molar-refractivity contribution is 5.96. The normalized spacial score (nSPS) is 11.8. The molecule has 1 nitrogen and oxygen atoms in total. The van der Waals surface area contributed by atoms with Crippen molar-refractivity contribution in [2.45, 2.75) is 13.1 Å². The lowest BCUT2D eigenvalue weighted by Crippen LogP contribution is -2.08. The number of alkyl halides is 3. The van der Waals surface area contributed by atoms with Gasteiger partial charge < -0.3 is 0 Å². The highest BCUT2D eigenvalue weighted by Gasteiger charge is 2.33. The van der Waals surface area contributed by atoms with Crippen molar-refractivity contribution in [1.82, 2.24) is 4.98 Å². The van der Waals surface area contributed by atoms with E-state index in [1.54, 1.807) is 31.2 Å². The Bertz CT molecular complexity index is 792. The van der Waals surface area contributed by atoms with Gasteiger partial charge in [-0.25, -0.2) is 4.98 Å². The van der Waals surface area contributed by atoms with Gasteiger partial charge >= 0.3 is 6.18 Å². The minimum absolute atomic E-state index is 0.395. The lowest BCUT2D eigenvalue weighted by Gasteiger charge is -2.13. The molecule has 0 aliphatic heterocycles. The van der Waals surface area contributed by atoms with E-state index in [4.69, 9.17) is 0 Å². The molecule has 0 aliphatic carbocycles. The van der Waals surface area contributed by atoms with E-state index in [0.29, 0.717) is 11.1 Å². The van der Waals surface area contributed by atoms with Gasteiger partial charge in [0.2, 0.25) is 0 Å². The first-order valence-electron chi connectivity index (χ1n) is 6.50. The van der Waals surface area contributed by atoms with Gasteiger partial charge in [0.1, 0.15) is 5.69 Å². The van der Waals surface area contributed by atoms with Crippen LogP contribution in [0.2, 0.25) is 0 Å². The highest BCUT2D eigenvalue weighted by Crippen LogP contribution is 2.35.